The molecular weight excluding hydrogens is 403 g/mol. The number of pyridine rings is 1. The Bertz CT molecular complexity index is 920. The van der Waals surface area contributed by atoms with Gasteiger partial charge in [-0.05, 0) is 18.9 Å². The minimum atomic E-state index is -0.791. The number of morpholine rings is 1. The Kier molecular flexibility index (Phi) is 6.42. The molecule has 0 unspecified atom stereocenters. The van der Waals surface area contributed by atoms with E-state index in [0.29, 0.717) is 24.8 Å². The molecule has 2 atom stereocenters. The third-order valence-electron chi connectivity index (χ3n) is 5.58. The molecule has 2 aromatic heterocycles. The van der Waals surface area contributed by atoms with E-state index < -0.39 is 11.7 Å². The second-order valence-electron chi connectivity index (χ2n) is 7.77. The maximum absolute atomic E-state index is 14.6. The molecule has 11 heteroatoms. The van der Waals surface area contributed by atoms with Crippen molar-refractivity contribution >= 4 is 29.2 Å². The van der Waals surface area contributed by atoms with Crippen LogP contribution in [0.3, 0.4) is 0 Å². The van der Waals surface area contributed by atoms with Crippen LogP contribution in [-0.2, 0) is 4.74 Å². The summed E-state index contributed by atoms with van der Waals surface area (Å²) in [6.45, 7) is 2.70. The smallest absolute Gasteiger partial charge is 0.252 e. The highest BCUT2D eigenvalue weighted by molar-refractivity contribution is 5.98. The lowest BCUT2D eigenvalue weighted by Gasteiger charge is -2.30. The van der Waals surface area contributed by atoms with Gasteiger partial charge in [-0.25, -0.2) is 19.3 Å². The molecule has 2 fully saturated rings. The Hall–Kier alpha value is -3.05. The molecule has 166 valence electrons. The van der Waals surface area contributed by atoms with Crippen molar-refractivity contribution in [3.63, 3.8) is 0 Å². The van der Waals surface area contributed by atoms with E-state index in [2.05, 4.69) is 25.6 Å². The van der Waals surface area contributed by atoms with Crippen LogP contribution in [0.25, 0.3) is 0 Å². The van der Waals surface area contributed by atoms with Gasteiger partial charge in [0.25, 0.3) is 5.91 Å². The fourth-order valence-corrected chi connectivity index (χ4v) is 3.84. The highest BCUT2D eigenvalue weighted by Crippen LogP contribution is 2.26. The topological polar surface area (TPSA) is 144 Å². The Labute approximate surface area is 179 Å². The minimum absolute atomic E-state index is 0.0284. The molecule has 1 aliphatic heterocycles. The van der Waals surface area contributed by atoms with E-state index in [1.165, 1.54) is 0 Å². The Morgan fingerprint density at radius 2 is 1.87 bits per heavy atom. The van der Waals surface area contributed by atoms with Gasteiger partial charge in [-0.1, -0.05) is 12.8 Å². The maximum atomic E-state index is 14.6. The monoisotopic (exact) mass is 430 g/mol. The van der Waals surface area contributed by atoms with E-state index in [4.69, 9.17) is 16.2 Å². The zero-order valence-corrected chi connectivity index (χ0v) is 17.2. The predicted octanol–water partition coefficient (Wildman–Crippen LogP) is 1.37. The third-order valence-corrected chi connectivity index (χ3v) is 5.58. The van der Waals surface area contributed by atoms with Gasteiger partial charge in [-0.2, -0.15) is 0 Å². The number of ether oxygens (including phenoxy) is 1. The first-order valence-electron chi connectivity index (χ1n) is 10.5. The predicted molar refractivity (Wildman–Crippen MR) is 115 cm³/mol. The first kappa shape index (κ1) is 21.2. The lowest BCUT2D eigenvalue weighted by atomic mass is 9.91. The molecule has 0 aromatic carbocycles. The van der Waals surface area contributed by atoms with E-state index in [9.17, 15) is 9.18 Å². The van der Waals surface area contributed by atoms with Gasteiger partial charge in [0.2, 0.25) is 5.95 Å². The van der Waals surface area contributed by atoms with Gasteiger partial charge in [0.05, 0.1) is 36.9 Å². The standard InChI is InChI=1S/C20H27FN8O2/c21-14-9-13(17(23)30)18(28-19(14)27-16-4-2-1-3-15(16)22)26-12-10-24-20(25-11-12)29-5-7-31-8-6-29/h9-11,15-16H,1-8,22H2,(H2,23,30)(H2,26,27,28)/t15-,16+/m0/s1. The van der Waals surface area contributed by atoms with Gasteiger partial charge in [-0.15, -0.1) is 0 Å². The van der Waals surface area contributed by atoms with Crippen molar-refractivity contribution in [2.75, 3.05) is 41.8 Å². The fourth-order valence-electron chi connectivity index (χ4n) is 3.84. The van der Waals surface area contributed by atoms with Gasteiger partial charge in [-0.3, -0.25) is 4.79 Å². The Morgan fingerprint density at radius 1 is 1.16 bits per heavy atom. The summed E-state index contributed by atoms with van der Waals surface area (Å²) in [6.07, 6.45) is 6.94. The van der Waals surface area contributed by atoms with Crippen LogP contribution in [0.5, 0.6) is 0 Å². The van der Waals surface area contributed by atoms with Gasteiger partial charge in [0.1, 0.15) is 5.82 Å². The van der Waals surface area contributed by atoms with Crippen molar-refractivity contribution in [2.45, 2.75) is 37.8 Å². The summed E-state index contributed by atoms with van der Waals surface area (Å²) < 4.78 is 20.0. The van der Waals surface area contributed by atoms with Crippen molar-refractivity contribution in [3.05, 3.63) is 29.8 Å². The molecule has 0 bridgehead atoms. The Balaban J connectivity index is 1.55. The molecule has 6 N–H and O–H groups in total. The van der Waals surface area contributed by atoms with Crippen molar-refractivity contribution in [3.8, 4) is 0 Å². The average Bonchev–Trinajstić information content (AvgIpc) is 2.78. The summed E-state index contributed by atoms with van der Waals surface area (Å²) in [5, 5.41) is 6.07. The molecule has 1 amide bonds. The number of hydrogen-bond donors (Lipinski definition) is 4. The van der Waals surface area contributed by atoms with E-state index in [0.717, 1.165) is 44.8 Å². The number of rotatable bonds is 6. The molecule has 0 spiro atoms. The number of primary amides is 1. The third kappa shape index (κ3) is 5.00. The summed E-state index contributed by atoms with van der Waals surface area (Å²) in [4.78, 5) is 26.9. The molecule has 1 aliphatic carbocycles. The van der Waals surface area contributed by atoms with Crippen molar-refractivity contribution < 1.29 is 13.9 Å². The SMILES string of the molecule is NC(=O)c1cc(F)c(N[C@@H]2CCCC[C@@H]2N)nc1Nc1cnc(N2CCOCC2)nc1. The number of halogens is 1. The summed E-state index contributed by atoms with van der Waals surface area (Å²) in [5.41, 5.74) is 12.0. The molecule has 2 aliphatic rings. The van der Waals surface area contributed by atoms with E-state index in [-0.39, 0.29) is 29.3 Å². The second kappa shape index (κ2) is 9.40. The molecule has 3 heterocycles. The number of nitrogens with two attached hydrogens (primary N) is 2. The fraction of sp³-hybridized carbons (Fsp3) is 0.500. The van der Waals surface area contributed by atoms with Crippen LogP contribution in [0.4, 0.5) is 27.7 Å². The van der Waals surface area contributed by atoms with Crippen LogP contribution in [0, 0.1) is 5.82 Å². The van der Waals surface area contributed by atoms with E-state index in [1.54, 1.807) is 12.4 Å². The number of carbonyl (C=O) groups excluding carboxylic acids is 1. The van der Waals surface area contributed by atoms with Crippen molar-refractivity contribution in [2.24, 2.45) is 11.5 Å². The van der Waals surface area contributed by atoms with Crippen LogP contribution in [0.15, 0.2) is 18.5 Å². The van der Waals surface area contributed by atoms with Crippen LogP contribution in [0.1, 0.15) is 36.0 Å². The largest absolute Gasteiger partial charge is 0.378 e. The van der Waals surface area contributed by atoms with Crippen molar-refractivity contribution in [1.82, 2.24) is 15.0 Å². The van der Waals surface area contributed by atoms with Crippen LogP contribution in [-0.4, -0.2) is 59.2 Å². The minimum Gasteiger partial charge on any atom is -0.378 e. The van der Waals surface area contributed by atoms with Crippen molar-refractivity contribution in [1.29, 1.82) is 0 Å². The maximum Gasteiger partial charge on any atom is 0.252 e. The first-order valence-corrected chi connectivity index (χ1v) is 10.5. The second-order valence-corrected chi connectivity index (χ2v) is 7.77. The number of carbonyl (C=O) groups is 1. The summed E-state index contributed by atoms with van der Waals surface area (Å²) in [7, 11) is 0. The quantitative estimate of drug-likeness (QED) is 0.534. The normalized spacial score (nSPS) is 21.5. The lowest BCUT2D eigenvalue weighted by molar-refractivity contribution is 0.100. The molecule has 2 aromatic rings. The highest BCUT2D eigenvalue weighted by atomic mass is 19.1. The number of nitrogens with zero attached hydrogens (tertiary/aromatic N) is 4. The van der Waals surface area contributed by atoms with Gasteiger partial charge >= 0.3 is 0 Å². The van der Waals surface area contributed by atoms with Gasteiger partial charge in [0, 0.05) is 25.2 Å². The Morgan fingerprint density at radius 3 is 2.55 bits per heavy atom. The molecule has 1 saturated carbocycles. The summed E-state index contributed by atoms with van der Waals surface area (Å²) in [6, 6.07) is 0.916. The molecule has 0 radical (unpaired) electrons. The number of aromatic nitrogens is 3. The van der Waals surface area contributed by atoms with Crippen LogP contribution in [0.2, 0.25) is 0 Å². The number of amides is 1. The lowest BCUT2D eigenvalue weighted by Crippen LogP contribution is -2.43. The van der Waals surface area contributed by atoms with E-state index in [1.807, 2.05) is 4.90 Å². The number of hydrogen-bond acceptors (Lipinski definition) is 9. The molecular formula is C20H27FN8O2. The molecule has 1 saturated heterocycles. The van der Waals surface area contributed by atoms with Crippen LogP contribution >= 0.6 is 0 Å². The molecule has 10 nitrogen and oxygen atoms in total. The molecule has 4 rings (SSSR count). The van der Waals surface area contributed by atoms with Crippen LogP contribution < -0.4 is 27.0 Å². The first-order chi connectivity index (χ1) is 15.0. The zero-order valence-electron chi connectivity index (χ0n) is 17.2. The van der Waals surface area contributed by atoms with Gasteiger partial charge in [0.15, 0.2) is 11.6 Å². The average molecular weight is 430 g/mol. The van der Waals surface area contributed by atoms with E-state index >= 15 is 0 Å². The summed E-state index contributed by atoms with van der Waals surface area (Å²) in [5.74, 6) is -0.703. The number of nitrogens with one attached hydrogen (secondary N) is 2. The number of anilines is 4. The zero-order chi connectivity index (χ0) is 21.8. The van der Waals surface area contributed by atoms with Gasteiger partial charge < -0.3 is 31.7 Å². The highest BCUT2D eigenvalue weighted by Gasteiger charge is 2.24. The molecule has 31 heavy (non-hydrogen) atoms. The summed E-state index contributed by atoms with van der Waals surface area (Å²) >= 11 is 0.